The topological polar surface area (TPSA) is 55.4 Å². The summed E-state index contributed by atoms with van der Waals surface area (Å²) in [7, 11) is 0. The van der Waals surface area contributed by atoms with Crippen LogP contribution in [0.15, 0.2) is 24.3 Å². The molecule has 4 nitrogen and oxygen atoms in total. The minimum absolute atomic E-state index is 0.0684. The lowest BCUT2D eigenvalue weighted by molar-refractivity contribution is -0.143. The molecule has 0 aliphatic carbocycles. The third-order valence-electron chi connectivity index (χ3n) is 3.81. The number of halogens is 1. The summed E-state index contributed by atoms with van der Waals surface area (Å²) in [5.41, 5.74) is 0.334. The Morgan fingerprint density at radius 2 is 2.10 bits per heavy atom. The van der Waals surface area contributed by atoms with Gasteiger partial charge in [0.05, 0.1) is 18.4 Å². The number of hydrogen-bond acceptors (Lipinski definition) is 3. The summed E-state index contributed by atoms with van der Waals surface area (Å²) in [5.74, 6) is -0.657. The minimum atomic E-state index is -0.574. The van der Waals surface area contributed by atoms with Gasteiger partial charge in [0, 0.05) is 6.04 Å². The number of rotatable bonds is 5. The van der Waals surface area contributed by atoms with Crippen molar-refractivity contribution in [1.29, 1.82) is 0 Å². The first-order chi connectivity index (χ1) is 9.93. The second kappa shape index (κ2) is 6.24. The van der Waals surface area contributed by atoms with Crippen LogP contribution in [-0.4, -0.2) is 24.5 Å². The van der Waals surface area contributed by atoms with E-state index in [1.807, 2.05) is 6.92 Å². The van der Waals surface area contributed by atoms with Gasteiger partial charge in [-0.3, -0.25) is 9.59 Å². The van der Waals surface area contributed by atoms with Crippen LogP contribution in [0.3, 0.4) is 0 Å². The maximum Gasteiger partial charge on any atom is 0.307 e. The lowest BCUT2D eigenvalue weighted by Crippen LogP contribution is -2.32. The molecule has 2 rings (SSSR count). The molecule has 1 aromatic carbocycles. The van der Waals surface area contributed by atoms with Crippen molar-refractivity contribution in [2.75, 3.05) is 6.61 Å². The normalized spacial score (nSPS) is 24.7. The third kappa shape index (κ3) is 3.80. The highest BCUT2D eigenvalue weighted by molar-refractivity contribution is 5.86. The summed E-state index contributed by atoms with van der Waals surface area (Å²) in [6.07, 6.45) is 1.29. The zero-order valence-corrected chi connectivity index (χ0v) is 12.3. The van der Waals surface area contributed by atoms with E-state index in [4.69, 9.17) is 4.74 Å². The first-order valence-electron chi connectivity index (χ1n) is 7.14. The van der Waals surface area contributed by atoms with Crippen molar-refractivity contribution in [2.24, 2.45) is 5.41 Å². The van der Waals surface area contributed by atoms with E-state index >= 15 is 0 Å². The van der Waals surface area contributed by atoms with Crippen molar-refractivity contribution >= 4 is 11.9 Å². The van der Waals surface area contributed by atoms with E-state index in [-0.39, 0.29) is 30.2 Å². The molecule has 1 saturated heterocycles. The lowest BCUT2D eigenvalue weighted by atomic mass is 9.80. The van der Waals surface area contributed by atoms with E-state index in [2.05, 4.69) is 5.32 Å². The molecule has 1 aromatic rings. The quantitative estimate of drug-likeness (QED) is 0.847. The molecular formula is C16H20FNO3. The first kappa shape index (κ1) is 15.5. The number of ether oxygens (including phenoxy) is 1. The molecule has 0 bridgehead atoms. The Hall–Kier alpha value is -1.91. The Balaban J connectivity index is 2.00. The molecule has 0 saturated carbocycles. The van der Waals surface area contributed by atoms with Crippen LogP contribution in [-0.2, 0) is 20.7 Å². The summed E-state index contributed by atoms with van der Waals surface area (Å²) < 4.78 is 17.8. The Morgan fingerprint density at radius 3 is 2.71 bits per heavy atom. The fourth-order valence-electron chi connectivity index (χ4n) is 2.80. The van der Waals surface area contributed by atoms with E-state index in [0.29, 0.717) is 19.4 Å². The Morgan fingerprint density at radius 1 is 1.43 bits per heavy atom. The van der Waals surface area contributed by atoms with Crippen LogP contribution < -0.4 is 5.32 Å². The maximum atomic E-state index is 12.9. The molecule has 0 radical (unpaired) electrons. The maximum absolute atomic E-state index is 12.9. The van der Waals surface area contributed by atoms with Crippen molar-refractivity contribution in [3.05, 3.63) is 35.6 Å². The van der Waals surface area contributed by atoms with E-state index in [9.17, 15) is 14.0 Å². The molecule has 5 heteroatoms. The molecular weight excluding hydrogens is 273 g/mol. The molecule has 21 heavy (non-hydrogen) atoms. The van der Waals surface area contributed by atoms with Gasteiger partial charge in [-0.25, -0.2) is 4.39 Å². The molecule has 0 aromatic heterocycles. The standard InChI is InChI=1S/C16H20FNO3/c1-3-21-14(19)8-13-10-16(2,15(20)18-13)9-11-4-6-12(17)7-5-11/h4-7,13H,3,8-10H2,1-2H3,(H,18,20). The number of carbonyl (C=O) groups excluding carboxylic acids is 2. The van der Waals surface area contributed by atoms with E-state index in [1.165, 1.54) is 12.1 Å². The van der Waals surface area contributed by atoms with Gasteiger partial charge in [-0.1, -0.05) is 19.1 Å². The molecule has 1 heterocycles. The van der Waals surface area contributed by atoms with Crippen LogP contribution in [0.2, 0.25) is 0 Å². The molecule has 2 atom stereocenters. The molecule has 1 fully saturated rings. The molecule has 1 aliphatic rings. The van der Waals surface area contributed by atoms with Crippen LogP contribution in [0.5, 0.6) is 0 Å². The summed E-state index contributed by atoms with van der Waals surface area (Å²) in [6.45, 7) is 3.97. The lowest BCUT2D eigenvalue weighted by Gasteiger charge is -2.20. The van der Waals surface area contributed by atoms with Gasteiger partial charge in [-0.05, 0) is 37.5 Å². The number of carbonyl (C=O) groups is 2. The molecule has 114 valence electrons. The number of nitrogens with one attached hydrogen (secondary N) is 1. The second-order valence-corrected chi connectivity index (χ2v) is 5.75. The average molecular weight is 293 g/mol. The van der Waals surface area contributed by atoms with Crippen LogP contribution in [0.4, 0.5) is 4.39 Å². The van der Waals surface area contributed by atoms with Crippen LogP contribution in [0.25, 0.3) is 0 Å². The number of esters is 1. The van der Waals surface area contributed by atoms with E-state index in [1.54, 1.807) is 19.1 Å². The number of amides is 1. The number of benzene rings is 1. The summed E-state index contributed by atoms with van der Waals surface area (Å²) in [4.78, 5) is 23.7. The first-order valence-corrected chi connectivity index (χ1v) is 7.14. The summed E-state index contributed by atoms with van der Waals surface area (Å²) >= 11 is 0. The van der Waals surface area contributed by atoms with Crippen LogP contribution in [0, 0.1) is 11.2 Å². The van der Waals surface area contributed by atoms with Crippen LogP contribution >= 0.6 is 0 Å². The monoisotopic (exact) mass is 293 g/mol. The predicted octanol–water partition coefficient (Wildman–Crippen LogP) is 2.22. The Kier molecular flexibility index (Phi) is 4.60. The van der Waals surface area contributed by atoms with Crippen molar-refractivity contribution in [1.82, 2.24) is 5.32 Å². The van der Waals surface area contributed by atoms with Gasteiger partial charge in [0.1, 0.15) is 5.82 Å². The smallest absolute Gasteiger partial charge is 0.307 e. The highest BCUT2D eigenvalue weighted by atomic mass is 19.1. The van der Waals surface area contributed by atoms with E-state index < -0.39 is 5.41 Å². The third-order valence-corrected chi connectivity index (χ3v) is 3.81. The highest BCUT2D eigenvalue weighted by Crippen LogP contribution is 2.34. The largest absolute Gasteiger partial charge is 0.466 e. The van der Waals surface area contributed by atoms with Gasteiger partial charge in [-0.15, -0.1) is 0 Å². The Labute approximate surface area is 123 Å². The molecule has 0 spiro atoms. The fourth-order valence-corrected chi connectivity index (χ4v) is 2.80. The predicted molar refractivity (Wildman–Crippen MR) is 76.0 cm³/mol. The van der Waals surface area contributed by atoms with Crippen LogP contribution in [0.1, 0.15) is 32.3 Å². The summed E-state index contributed by atoms with van der Waals surface area (Å²) in [5, 5.41) is 2.85. The fraction of sp³-hybridized carbons (Fsp3) is 0.500. The molecule has 1 aliphatic heterocycles. The zero-order chi connectivity index (χ0) is 15.5. The van der Waals surface area contributed by atoms with Gasteiger partial charge >= 0.3 is 5.97 Å². The van der Waals surface area contributed by atoms with Crippen molar-refractivity contribution in [2.45, 2.75) is 39.2 Å². The molecule has 1 N–H and O–H groups in total. The van der Waals surface area contributed by atoms with E-state index in [0.717, 1.165) is 5.56 Å². The minimum Gasteiger partial charge on any atom is -0.466 e. The van der Waals surface area contributed by atoms with Crippen molar-refractivity contribution in [3.8, 4) is 0 Å². The molecule has 1 amide bonds. The SMILES string of the molecule is CCOC(=O)CC1CC(C)(Cc2ccc(F)cc2)C(=O)N1. The summed E-state index contributed by atoms with van der Waals surface area (Å²) in [6, 6.07) is 5.96. The van der Waals surface area contributed by atoms with Gasteiger partial charge in [0.2, 0.25) is 5.91 Å². The van der Waals surface area contributed by atoms with Crippen molar-refractivity contribution in [3.63, 3.8) is 0 Å². The van der Waals surface area contributed by atoms with Gasteiger partial charge in [0.25, 0.3) is 0 Å². The molecule has 2 unspecified atom stereocenters. The number of hydrogen-bond donors (Lipinski definition) is 1. The van der Waals surface area contributed by atoms with Gasteiger partial charge < -0.3 is 10.1 Å². The zero-order valence-electron chi connectivity index (χ0n) is 12.3. The highest BCUT2D eigenvalue weighted by Gasteiger charge is 2.43. The second-order valence-electron chi connectivity index (χ2n) is 5.75. The van der Waals surface area contributed by atoms with Gasteiger partial charge in [-0.2, -0.15) is 0 Å². The Bertz CT molecular complexity index is 529. The van der Waals surface area contributed by atoms with Crippen molar-refractivity contribution < 1.29 is 18.7 Å². The van der Waals surface area contributed by atoms with Gasteiger partial charge in [0.15, 0.2) is 0 Å². The average Bonchev–Trinajstić information content (AvgIpc) is 2.67.